The summed E-state index contributed by atoms with van der Waals surface area (Å²) in [7, 11) is 1.74. The van der Waals surface area contributed by atoms with E-state index in [9.17, 15) is 9.90 Å². The molecule has 1 atom stereocenters. The van der Waals surface area contributed by atoms with Gasteiger partial charge in [0.1, 0.15) is 0 Å². The Balaban J connectivity index is 1.59. The third-order valence-electron chi connectivity index (χ3n) is 4.66. The van der Waals surface area contributed by atoms with Crippen LogP contribution in [0.2, 0.25) is 0 Å². The molecule has 1 N–H and O–H groups in total. The number of aromatic nitrogens is 1. The second-order valence-corrected chi connectivity index (χ2v) is 7.08. The van der Waals surface area contributed by atoms with Crippen molar-refractivity contribution < 1.29 is 9.90 Å². The van der Waals surface area contributed by atoms with E-state index in [0.717, 1.165) is 18.7 Å². The maximum Gasteiger partial charge on any atom is 0.255 e. The molecule has 1 saturated heterocycles. The van der Waals surface area contributed by atoms with Crippen LogP contribution in [0.1, 0.15) is 27.9 Å². The van der Waals surface area contributed by atoms with Crippen molar-refractivity contribution in [2.45, 2.75) is 25.5 Å². The first kappa shape index (κ1) is 17.6. The van der Waals surface area contributed by atoms with Gasteiger partial charge in [-0.25, -0.2) is 0 Å². The third kappa shape index (κ3) is 4.44. The Labute approximate surface area is 148 Å². The van der Waals surface area contributed by atoms with Gasteiger partial charge < -0.3 is 10.0 Å². The van der Waals surface area contributed by atoms with E-state index in [1.54, 1.807) is 24.3 Å². The number of nitrogens with zero attached hydrogens (tertiary/aromatic N) is 3. The van der Waals surface area contributed by atoms with Crippen molar-refractivity contribution in [3.63, 3.8) is 0 Å². The summed E-state index contributed by atoms with van der Waals surface area (Å²) in [5, 5.41) is 10.9. The first-order valence-corrected chi connectivity index (χ1v) is 8.61. The zero-order valence-electron chi connectivity index (χ0n) is 14.9. The zero-order chi connectivity index (χ0) is 17.9. The van der Waals surface area contributed by atoms with Gasteiger partial charge in [-0.15, -0.1) is 0 Å². The van der Waals surface area contributed by atoms with E-state index in [4.69, 9.17) is 0 Å². The van der Waals surface area contributed by atoms with Gasteiger partial charge >= 0.3 is 0 Å². The standard InChI is InChI=1S/C20H25N3O2/c1-16-10-18(12-21-11-16)19(24)22(2)14-20(25)8-9-23(15-20)13-17-6-4-3-5-7-17/h3-7,10-12,25H,8-9,13-15H2,1-2H3. The van der Waals surface area contributed by atoms with Crippen molar-refractivity contribution in [2.75, 3.05) is 26.7 Å². The number of aliphatic hydroxyl groups is 1. The molecule has 5 heteroatoms. The minimum absolute atomic E-state index is 0.105. The molecule has 0 saturated carbocycles. The normalized spacial score (nSPS) is 20.6. The van der Waals surface area contributed by atoms with Crippen LogP contribution in [0.5, 0.6) is 0 Å². The number of carbonyl (C=O) groups excluding carboxylic acids is 1. The SMILES string of the molecule is Cc1cncc(C(=O)N(C)CC2(O)CCN(Cc3ccccc3)C2)c1. The van der Waals surface area contributed by atoms with E-state index in [2.05, 4.69) is 22.0 Å². The Bertz CT molecular complexity index is 735. The molecule has 1 aromatic carbocycles. The van der Waals surface area contributed by atoms with E-state index in [-0.39, 0.29) is 5.91 Å². The molecule has 0 bridgehead atoms. The summed E-state index contributed by atoms with van der Waals surface area (Å²) in [4.78, 5) is 20.5. The molecule has 1 aliphatic rings. The molecule has 1 amide bonds. The fourth-order valence-corrected chi connectivity index (χ4v) is 3.45. The topological polar surface area (TPSA) is 56.7 Å². The molecular formula is C20H25N3O2. The Hall–Kier alpha value is -2.24. The van der Waals surface area contributed by atoms with Crippen LogP contribution in [0.4, 0.5) is 0 Å². The third-order valence-corrected chi connectivity index (χ3v) is 4.66. The van der Waals surface area contributed by atoms with E-state index < -0.39 is 5.60 Å². The van der Waals surface area contributed by atoms with Crippen LogP contribution >= 0.6 is 0 Å². The second kappa shape index (κ2) is 7.33. The summed E-state index contributed by atoms with van der Waals surface area (Å²) >= 11 is 0. The number of benzene rings is 1. The number of carbonyl (C=O) groups is 1. The van der Waals surface area contributed by atoms with Crippen LogP contribution in [0.15, 0.2) is 48.8 Å². The first-order chi connectivity index (χ1) is 12.0. The Kier molecular flexibility index (Phi) is 5.16. The van der Waals surface area contributed by atoms with Crippen molar-refractivity contribution in [1.29, 1.82) is 0 Å². The van der Waals surface area contributed by atoms with Crippen LogP contribution in [-0.4, -0.2) is 58.1 Å². The summed E-state index contributed by atoms with van der Waals surface area (Å²) in [5.41, 5.74) is 1.89. The van der Waals surface area contributed by atoms with E-state index in [1.807, 2.05) is 31.2 Å². The Morgan fingerprint density at radius 2 is 2.08 bits per heavy atom. The van der Waals surface area contributed by atoms with Gasteiger partial charge in [-0.2, -0.15) is 0 Å². The fourth-order valence-electron chi connectivity index (χ4n) is 3.45. The van der Waals surface area contributed by atoms with Gasteiger partial charge in [0.05, 0.1) is 17.7 Å². The van der Waals surface area contributed by atoms with E-state index >= 15 is 0 Å². The number of aryl methyl sites for hydroxylation is 1. The molecule has 3 rings (SSSR count). The smallest absolute Gasteiger partial charge is 0.255 e. The molecule has 1 fully saturated rings. The van der Waals surface area contributed by atoms with Gasteiger partial charge in [-0.1, -0.05) is 30.3 Å². The molecule has 132 valence electrons. The predicted octanol–water partition coefficient (Wildman–Crippen LogP) is 2.10. The van der Waals surface area contributed by atoms with Crippen LogP contribution in [0, 0.1) is 6.92 Å². The summed E-state index contributed by atoms with van der Waals surface area (Å²) in [5.74, 6) is -0.105. The molecule has 1 aliphatic heterocycles. The predicted molar refractivity (Wildman–Crippen MR) is 97.2 cm³/mol. The molecule has 0 radical (unpaired) electrons. The molecule has 0 aliphatic carbocycles. The average molecular weight is 339 g/mol. The number of likely N-dealkylation sites (tertiary alicyclic amines) is 1. The van der Waals surface area contributed by atoms with Crippen LogP contribution < -0.4 is 0 Å². The Morgan fingerprint density at radius 1 is 1.32 bits per heavy atom. The van der Waals surface area contributed by atoms with Gasteiger partial charge in [0.2, 0.25) is 0 Å². The van der Waals surface area contributed by atoms with Gasteiger partial charge in [-0.05, 0) is 30.5 Å². The number of β-amino-alcohol motifs (C(OH)–C–C–N with tert-alkyl or cyclic N) is 1. The number of hydrogen-bond acceptors (Lipinski definition) is 4. The van der Waals surface area contributed by atoms with E-state index in [1.165, 1.54) is 5.56 Å². The van der Waals surface area contributed by atoms with Crippen molar-refractivity contribution in [1.82, 2.24) is 14.8 Å². The molecular weight excluding hydrogens is 314 g/mol. The monoisotopic (exact) mass is 339 g/mol. The lowest BCUT2D eigenvalue weighted by Crippen LogP contribution is -2.45. The van der Waals surface area contributed by atoms with Crippen LogP contribution in [0.25, 0.3) is 0 Å². The molecule has 2 heterocycles. The van der Waals surface area contributed by atoms with Gasteiger partial charge in [0.25, 0.3) is 5.91 Å². The highest BCUT2D eigenvalue weighted by Gasteiger charge is 2.37. The Morgan fingerprint density at radius 3 is 2.80 bits per heavy atom. The number of amides is 1. The summed E-state index contributed by atoms with van der Waals surface area (Å²) in [6.45, 7) is 4.47. The quantitative estimate of drug-likeness (QED) is 0.906. The average Bonchev–Trinajstić information content (AvgIpc) is 2.95. The maximum absolute atomic E-state index is 12.6. The van der Waals surface area contributed by atoms with Crippen LogP contribution in [-0.2, 0) is 6.54 Å². The largest absolute Gasteiger partial charge is 0.387 e. The lowest BCUT2D eigenvalue weighted by molar-refractivity contribution is 0.0170. The number of rotatable bonds is 5. The fraction of sp³-hybridized carbons (Fsp3) is 0.400. The highest BCUT2D eigenvalue weighted by molar-refractivity contribution is 5.93. The lowest BCUT2D eigenvalue weighted by Gasteiger charge is -2.29. The molecule has 2 aromatic rings. The molecule has 1 aromatic heterocycles. The lowest BCUT2D eigenvalue weighted by atomic mass is 10.0. The summed E-state index contributed by atoms with van der Waals surface area (Å²) < 4.78 is 0. The molecule has 1 unspecified atom stereocenters. The van der Waals surface area contributed by atoms with Gasteiger partial charge in [0, 0.05) is 39.1 Å². The van der Waals surface area contributed by atoms with Gasteiger partial charge in [-0.3, -0.25) is 14.7 Å². The van der Waals surface area contributed by atoms with Gasteiger partial charge in [0.15, 0.2) is 0 Å². The zero-order valence-corrected chi connectivity index (χ0v) is 14.9. The van der Waals surface area contributed by atoms with Crippen molar-refractivity contribution in [3.05, 3.63) is 65.5 Å². The highest BCUT2D eigenvalue weighted by Crippen LogP contribution is 2.24. The second-order valence-electron chi connectivity index (χ2n) is 7.08. The maximum atomic E-state index is 12.6. The van der Waals surface area contributed by atoms with E-state index in [0.29, 0.717) is 25.1 Å². The highest BCUT2D eigenvalue weighted by atomic mass is 16.3. The number of likely N-dealkylation sites (N-methyl/N-ethyl adjacent to an activating group) is 1. The molecule has 25 heavy (non-hydrogen) atoms. The van der Waals surface area contributed by atoms with Crippen LogP contribution in [0.3, 0.4) is 0 Å². The minimum atomic E-state index is -0.865. The first-order valence-electron chi connectivity index (χ1n) is 8.61. The molecule has 5 nitrogen and oxygen atoms in total. The van der Waals surface area contributed by atoms with Crippen molar-refractivity contribution in [2.24, 2.45) is 0 Å². The van der Waals surface area contributed by atoms with Crippen molar-refractivity contribution >= 4 is 5.91 Å². The number of pyridine rings is 1. The number of hydrogen-bond donors (Lipinski definition) is 1. The van der Waals surface area contributed by atoms with Crippen molar-refractivity contribution in [3.8, 4) is 0 Å². The molecule has 0 spiro atoms. The summed E-state index contributed by atoms with van der Waals surface area (Å²) in [6.07, 6.45) is 3.97. The summed E-state index contributed by atoms with van der Waals surface area (Å²) in [6, 6.07) is 12.1. The minimum Gasteiger partial charge on any atom is -0.387 e.